The quantitative estimate of drug-likeness (QED) is 0.893. The zero-order valence-corrected chi connectivity index (χ0v) is 11.0. The van der Waals surface area contributed by atoms with Gasteiger partial charge in [0.15, 0.2) is 11.3 Å². The number of carbonyl (C=O) groups is 1. The van der Waals surface area contributed by atoms with Gasteiger partial charge in [0, 0.05) is 6.54 Å². The Hall–Kier alpha value is -1.55. The summed E-state index contributed by atoms with van der Waals surface area (Å²) in [6.07, 6.45) is 0.239. The lowest BCUT2D eigenvalue weighted by atomic mass is 9.95. The molecule has 1 heterocycles. The van der Waals surface area contributed by atoms with Crippen molar-refractivity contribution in [3.63, 3.8) is 0 Å². The van der Waals surface area contributed by atoms with E-state index in [4.69, 9.17) is 4.74 Å². The average Bonchev–Trinajstić information content (AvgIpc) is 2.43. The molecular formula is C14H19NO3. The van der Waals surface area contributed by atoms with Crippen LogP contribution in [0, 0.1) is 0 Å². The Labute approximate surface area is 107 Å². The van der Waals surface area contributed by atoms with E-state index in [1.165, 1.54) is 4.90 Å². The minimum Gasteiger partial charge on any atom is -0.438 e. The summed E-state index contributed by atoms with van der Waals surface area (Å²) in [6, 6.07) is 9.87. The van der Waals surface area contributed by atoms with Gasteiger partial charge in [-0.1, -0.05) is 30.3 Å². The van der Waals surface area contributed by atoms with Gasteiger partial charge < -0.3 is 9.84 Å². The third-order valence-electron chi connectivity index (χ3n) is 3.70. The van der Waals surface area contributed by atoms with Crippen molar-refractivity contribution in [2.45, 2.75) is 38.5 Å². The molecule has 0 aromatic heterocycles. The number of ether oxygens (including phenoxy) is 1. The van der Waals surface area contributed by atoms with Crippen molar-refractivity contribution < 1.29 is 14.6 Å². The molecule has 4 heteroatoms. The Bertz CT molecular complexity index is 440. The first-order valence-electron chi connectivity index (χ1n) is 6.11. The fourth-order valence-corrected chi connectivity index (χ4v) is 2.07. The van der Waals surface area contributed by atoms with Crippen molar-refractivity contribution in [1.29, 1.82) is 0 Å². The minimum absolute atomic E-state index is 0.444. The Kier molecular flexibility index (Phi) is 3.07. The van der Waals surface area contributed by atoms with Crippen molar-refractivity contribution in [1.82, 2.24) is 4.90 Å². The van der Waals surface area contributed by atoms with E-state index in [0.29, 0.717) is 13.0 Å². The number of benzene rings is 1. The Morgan fingerprint density at radius 1 is 1.22 bits per heavy atom. The molecule has 0 radical (unpaired) electrons. The van der Waals surface area contributed by atoms with Crippen molar-refractivity contribution in [2.24, 2.45) is 0 Å². The van der Waals surface area contributed by atoms with Crippen LogP contribution in [0.4, 0.5) is 4.79 Å². The van der Waals surface area contributed by atoms with E-state index in [1.54, 1.807) is 20.8 Å². The van der Waals surface area contributed by atoms with E-state index in [2.05, 4.69) is 0 Å². The SMILES string of the molecule is CC1(C)OC(=O)N(CCc2ccccc2)[C@]1(C)O. The Balaban J connectivity index is 2.08. The molecule has 1 atom stereocenters. The zero-order valence-electron chi connectivity index (χ0n) is 11.0. The summed E-state index contributed by atoms with van der Waals surface area (Å²) < 4.78 is 5.20. The molecule has 1 saturated heterocycles. The molecule has 4 nitrogen and oxygen atoms in total. The van der Waals surface area contributed by atoms with Gasteiger partial charge in [0.05, 0.1) is 0 Å². The maximum Gasteiger partial charge on any atom is 0.412 e. The van der Waals surface area contributed by atoms with Crippen LogP contribution in [0.3, 0.4) is 0 Å². The second-order valence-corrected chi connectivity index (χ2v) is 5.29. The predicted molar refractivity (Wildman–Crippen MR) is 68.0 cm³/mol. The molecule has 0 unspecified atom stereocenters. The monoisotopic (exact) mass is 249 g/mol. The van der Waals surface area contributed by atoms with Crippen molar-refractivity contribution in [2.75, 3.05) is 6.54 Å². The molecule has 18 heavy (non-hydrogen) atoms. The lowest BCUT2D eigenvalue weighted by Crippen LogP contribution is -2.54. The standard InChI is InChI=1S/C14H19NO3/c1-13(2)14(3,17)15(12(16)18-13)10-9-11-7-5-4-6-8-11/h4-8,17H,9-10H2,1-3H3/t14-/m1/s1. The summed E-state index contributed by atoms with van der Waals surface area (Å²) in [5.74, 6) is 0. The van der Waals surface area contributed by atoms with E-state index in [9.17, 15) is 9.90 Å². The lowest BCUT2D eigenvalue weighted by molar-refractivity contribution is -0.126. The van der Waals surface area contributed by atoms with E-state index in [-0.39, 0.29) is 0 Å². The molecule has 0 spiro atoms. The molecule has 0 saturated carbocycles. The molecule has 1 aliphatic heterocycles. The summed E-state index contributed by atoms with van der Waals surface area (Å²) in [4.78, 5) is 13.2. The summed E-state index contributed by atoms with van der Waals surface area (Å²) in [5, 5.41) is 10.4. The van der Waals surface area contributed by atoms with Crippen LogP contribution < -0.4 is 0 Å². The van der Waals surface area contributed by atoms with Gasteiger partial charge in [-0.05, 0) is 32.8 Å². The molecule has 0 bridgehead atoms. The number of amides is 1. The van der Waals surface area contributed by atoms with Gasteiger partial charge in [-0.3, -0.25) is 4.90 Å². The van der Waals surface area contributed by atoms with Crippen molar-refractivity contribution in [3.05, 3.63) is 35.9 Å². The van der Waals surface area contributed by atoms with Crippen LogP contribution in [0.15, 0.2) is 30.3 Å². The third-order valence-corrected chi connectivity index (χ3v) is 3.70. The van der Waals surface area contributed by atoms with Crippen LogP contribution in [-0.4, -0.2) is 34.0 Å². The molecule has 0 aliphatic carbocycles. The molecule has 1 aliphatic rings. The number of aliphatic hydroxyl groups is 1. The summed E-state index contributed by atoms with van der Waals surface area (Å²) in [5.41, 5.74) is -1.04. The van der Waals surface area contributed by atoms with Gasteiger partial charge >= 0.3 is 6.09 Å². The second-order valence-electron chi connectivity index (χ2n) is 5.29. The number of cyclic esters (lactones) is 1. The van der Waals surface area contributed by atoms with E-state index in [1.807, 2.05) is 30.3 Å². The van der Waals surface area contributed by atoms with E-state index in [0.717, 1.165) is 5.56 Å². The zero-order chi connectivity index (χ0) is 13.4. The summed E-state index contributed by atoms with van der Waals surface area (Å²) in [7, 11) is 0. The topological polar surface area (TPSA) is 49.8 Å². The normalized spacial score (nSPS) is 26.2. The minimum atomic E-state index is -1.28. The highest BCUT2D eigenvalue weighted by atomic mass is 16.6. The number of rotatable bonds is 3. The fourth-order valence-electron chi connectivity index (χ4n) is 2.07. The van der Waals surface area contributed by atoms with Crippen LogP contribution in [0.1, 0.15) is 26.3 Å². The molecule has 2 rings (SSSR count). The van der Waals surface area contributed by atoms with Crippen LogP contribution >= 0.6 is 0 Å². The molecular weight excluding hydrogens is 230 g/mol. The Morgan fingerprint density at radius 3 is 2.33 bits per heavy atom. The van der Waals surface area contributed by atoms with Gasteiger partial charge in [-0.25, -0.2) is 4.79 Å². The van der Waals surface area contributed by atoms with Crippen molar-refractivity contribution >= 4 is 6.09 Å². The third kappa shape index (κ3) is 2.08. The molecule has 1 fully saturated rings. The molecule has 1 aromatic carbocycles. The first-order chi connectivity index (χ1) is 8.34. The number of carbonyl (C=O) groups excluding carboxylic acids is 1. The second kappa shape index (κ2) is 4.28. The molecule has 98 valence electrons. The van der Waals surface area contributed by atoms with Gasteiger partial charge in [0.2, 0.25) is 0 Å². The van der Waals surface area contributed by atoms with Crippen molar-refractivity contribution in [3.8, 4) is 0 Å². The van der Waals surface area contributed by atoms with Crippen LogP contribution in [0.25, 0.3) is 0 Å². The van der Waals surface area contributed by atoms with Gasteiger partial charge in [-0.2, -0.15) is 0 Å². The first-order valence-corrected chi connectivity index (χ1v) is 6.11. The van der Waals surface area contributed by atoms with Crippen LogP contribution in [0.2, 0.25) is 0 Å². The van der Waals surface area contributed by atoms with Gasteiger partial charge in [0.25, 0.3) is 0 Å². The highest BCUT2D eigenvalue weighted by Gasteiger charge is 2.56. The molecule has 1 aromatic rings. The predicted octanol–water partition coefficient (Wildman–Crippen LogP) is 2.17. The van der Waals surface area contributed by atoms with Gasteiger partial charge in [-0.15, -0.1) is 0 Å². The summed E-state index contributed by atoms with van der Waals surface area (Å²) >= 11 is 0. The number of hydrogen-bond acceptors (Lipinski definition) is 3. The highest BCUT2D eigenvalue weighted by Crippen LogP contribution is 2.36. The summed E-state index contributed by atoms with van der Waals surface area (Å²) in [6.45, 7) is 5.49. The van der Waals surface area contributed by atoms with Gasteiger partial charge in [0.1, 0.15) is 0 Å². The fraction of sp³-hybridized carbons (Fsp3) is 0.500. The maximum atomic E-state index is 11.8. The molecule has 1 amide bonds. The van der Waals surface area contributed by atoms with Crippen LogP contribution in [0.5, 0.6) is 0 Å². The first kappa shape index (κ1) is 12.9. The van der Waals surface area contributed by atoms with E-state index < -0.39 is 17.4 Å². The number of hydrogen-bond donors (Lipinski definition) is 1. The number of nitrogens with zero attached hydrogens (tertiary/aromatic N) is 1. The Morgan fingerprint density at radius 2 is 1.83 bits per heavy atom. The largest absolute Gasteiger partial charge is 0.438 e. The highest BCUT2D eigenvalue weighted by molar-refractivity contribution is 5.72. The van der Waals surface area contributed by atoms with Crippen LogP contribution in [-0.2, 0) is 11.2 Å². The average molecular weight is 249 g/mol. The lowest BCUT2D eigenvalue weighted by Gasteiger charge is -2.34. The maximum absolute atomic E-state index is 11.8. The smallest absolute Gasteiger partial charge is 0.412 e. The molecule has 1 N–H and O–H groups in total. The van der Waals surface area contributed by atoms with E-state index >= 15 is 0 Å².